The summed E-state index contributed by atoms with van der Waals surface area (Å²) in [6.07, 6.45) is 0.256. The number of para-hydroxylation sites is 1. The molecule has 0 saturated carbocycles. The minimum atomic E-state index is -0.0261. The van der Waals surface area contributed by atoms with Gasteiger partial charge in [0.05, 0.1) is 6.42 Å². The standard InChI is InChI=1S/C13H15BrN2O2/c1-9(7-14)8-15-13(17)6-11-10-4-2-3-5-12(10)18-16-11/h2-5,9H,6-8H2,1H3,(H,15,17). The molecule has 0 spiro atoms. The average Bonchev–Trinajstić information content (AvgIpc) is 2.79. The Hall–Kier alpha value is -1.36. The summed E-state index contributed by atoms with van der Waals surface area (Å²) < 4.78 is 5.16. The lowest BCUT2D eigenvalue weighted by atomic mass is 10.1. The molecule has 1 amide bonds. The molecule has 1 aromatic heterocycles. The van der Waals surface area contributed by atoms with Crippen molar-refractivity contribution in [2.45, 2.75) is 13.3 Å². The van der Waals surface area contributed by atoms with Gasteiger partial charge in [-0.2, -0.15) is 0 Å². The van der Waals surface area contributed by atoms with Gasteiger partial charge < -0.3 is 9.84 Å². The summed E-state index contributed by atoms with van der Waals surface area (Å²) in [5.74, 6) is 0.393. The average molecular weight is 311 g/mol. The Morgan fingerprint density at radius 1 is 1.50 bits per heavy atom. The summed E-state index contributed by atoms with van der Waals surface area (Å²) >= 11 is 3.38. The highest BCUT2D eigenvalue weighted by Crippen LogP contribution is 2.17. The van der Waals surface area contributed by atoms with E-state index in [0.717, 1.165) is 10.7 Å². The molecule has 5 heteroatoms. The van der Waals surface area contributed by atoms with Gasteiger partial charge in [0.1, 0.15) is 5.69 Å². The number of fused-ring (bicyclic) bond motifs is 1. The summed E-state index contributed by atoms with van der Waals surface area (Å²) in [6.45, 7) is 2.74. The molecule has 1 N–H and O–H groups in total. The van der Waals surface area contributed by atoms with E-state index in [0.29, 0.717) is 23.7 Å². The van der Waals surface area contributed by atoms with E-state index in [1.54, 1.807) is 0 Å². The molecule has 0 fully saturated rings. The zero-order chi connectivity index (χ0) is 13.0. The zero-order valence-electron chi connectivity index (χ0n) is 10.1. The summed E-state index contributed by atoms with van der Waals surface area (Å²) in [4.78, 5) is 11.8. The number of amides is 1. The summed E-state index contributed by atoms with van der Waals surface area (Å²) in [5.41, 5.74) is 1.41. The quantitative estimate of drug-likeness (QED) is 0.863. The van der Waals surface area contributed by atoms with Crippen molar-refractivity contribution >= 4 is 32.8 Å². The first-order valence-corrected chi connectivity index (χ1v) is 6.99. The van der Waals surface area contributed by atoms with Crippen LogP contribution in [0.5, 0.6) is 0 Å². The van der Waals surface area contributed by atoms with Crippen LogP contribution in [-0.4, -0.2) is 22.9 Å². The van der Waals surface area contributed by atoms with Crippen molar-refractivity contribution in [3.63, 3.8) is 0 Å². The van der Waals surface area contributed by atoms with Crippen LogP contribution in [0.15, 0.2) is 28.8 Å². The number of halogens is 1. The van der Waals surface area contributed by atoms with Crippen molar-refractivity contribution in [1.82, 2.24) is 10.5 Å². The number of hydrogen-bond acceptors (Lipinski definition) is 3. The summed E-state index contributed by atoms with van der Waals surface area (Å²) in [6, 6.07) is 7.55. The van der Waals surface area contributed by atoms with Crippen molar-refractivity contribution in [3.05, 3.63) is 30.0 Å². The van der Waals surface area contributed by atoms with Gasteiger partial charge >= 0.3 is 0 Å². The van der Waals surface area contributed by atoms with Crippen molar-refractivity contribution in [2.75, 3.05) is 11.9 Å². The van der Waals surface area contributed by atoms with Gasteiger partial charge in [0.2, 0.25) is 5.91 Å². The molecule has 1 unspecified atom stereocenters. The van der Waals surface area contributed by atoms with Crippen LogP contribution in [0.2, 0.25) is 0 Å². The molecule has 0 aliphatic heterocycles. The van der Waals surface area contributed by atoms with Gasteiger partial charge in [0.25, 0.3) is 0 Å². The van der Waals surface area contributed by atoms with Crippen LogP contribution in [-0.2, 0) is 11.2 Å². The highest BCUT2D eigenvalue weighted by Gasteiger charge is 2.12. The number of hydrogen-bond donors (Lipinski definition) is 1. The predicted octanol–water partition coefficient (Wildman–Crippen LogP) is 2.52. The van der Waals surface area contributed by atoms with E-state index in [1.807, 2.05) is 24.3 Å². The second-order valence-electron chi connectivity index (χ2n) is 4.37. The van der Waals surface area contributed by atoms with Gasteiger partial charge in [-0.05, 0) is 18.1 Å². The maximum Gasteiger partial charge on any atom is 0.226 e. The smallest absolute Gasteiger partial charge is 0.226 e. The molecule has 0 radical (unpaired) electrons. The molecule has 1 aromatic carbocycles. The van der Waals surface area contributed by atoms with E-state index in [4.69, 9.17) is 4.52 Å². The summed E-state index contributed by atoms with van der Waals surface area (Å²) in [5, 5.41) is 8.60. The van der Waals surface area contributed by atoms with Crippen LogP contribution in [0.4, 0.5) is 0 Å². The first kappa shape index (κ1) is 13.1. The van der Waals surface area contributed by atoms with Crippen LogP contribution in [0.3, 0.4) is 0 Å². The highest BCUT2D eigenvalue weighted by atomic mass is 79.9. The third-order valence-corrected chi connectivity index (χ3v) is 3.80. The fraction of sp³-hybridized carbons (Fsp3) is 0.385. The Bertz CT molecular complexity index is 539. The molecule has 18 heavy (non-hydrogen) atoms. The van der Waals surface area contributed by atoms with Gasteiger partial charge in [-0.15, -0.1) is 0 Å². The SMILES string of the molecule is CC(CBr)CNC(=O)Cc1noc2ccccc12. The molecule has 0 saturated heterocycles. The van der Waals surface area contributed by atoms with Gasteiger partial charge in [-0.1, -0.05) is 40.1 Å². The molecular weight excluding hydrogens is 296 g/mol. The third kappa shape index (κ3) is 3.10. The second kappa shape index (κ2) is 6.00. The molecule has 1 atom stereocenters. The monoisotopic (exact) mass is 310 g/mol. The molecule has 4 nitrogen and oxygen atoms in total. The molecule has 1 heterocycles. The molecular formula is C13H15BrN2O2. The van der Waals surface area contributed by atoms with E-state index in [9.17, 15) is 4.79 Å². The molecule has 96 valence electrons. The van der Waals surface area contributed by atoms with E-state index >= 15 is 0 Å². The Morgan fingerprint density at radius 2 is 2.28 bits per heavy atom. The van der Waals surface area contributed by atoms with Crippen LogP contribution >= 0.6 is 15.9 Å². The normalized spacial score (nSPS) is 12.6. The number of carbonyl (C=O) groups is 1. The van der Waals surface area contributed by atoms with E-state index in [1.165, 1.54) is 0 Å². The number of benzene rings is 1. The largest absolute Gasteiger partial charge is 0.356 e. The van der Waals surface area contributed by atoms with Gasteiger partial charge in [0, 0.05) is 17.3 Å². The zero-order valence-corrected chi connectivity index (χ0v) is 11.7. The molecule has 0 aliphatic carbocycles. The van der Waals surface area contributed by atoms with E-state index in [2.05, 4.69) is 33.3 Å². The van der Waals surface area contributed by atoms with Crippen LogP contribution < -0.4 is 5.32 Å². The number of alkyl halides is 1. The minimum absolute atomic E-state index is 0.0261. The van der Waals surface area contributed by atoms with Gasteiger partial charge in [0.15, 0.2) is 5.58 Å². The fourth-order valence-corrected chi connectivity index (χ4v) is 1.85. The van der Waals surface area contributed by atoms with Crippen molar-refractivity contribution in [1.29, 1.82) is 0 Å². The van der Waals surface area contributed by atoms with E-state index in [-0.39, 0.29) is 12.3 Å². The topological polar surface area (TPSA) is 55.1 Å². The minimum Gasteiger partial charge on any atom is -0.356 e. The Kier molecular flexibility index (Phi) is 4.36. The molecule has 0 bridgehead atoms. The predicted molar refractivity (Wildman–Crippen MR) is 73.7 cm³/mol. The van der Waals surface area contributed by atoms with Gasteiger partial charge in [-0.25, -0.2) is 0 Å². The van der Waals surface area contributed by atoms with Crippen LogP contribution in [0.25, 0.3) is 11.0 Å². The van der Waals surface area contributed by atoms with Crippen molar-refractivity contribution in [3.8, 4) is 0 Å². The molecule has 2 rings (SSSR count). The lowest BCUT2D eigenvalue weighted by Crippen LogP contribution is -2.30. The lowest BCUT2D eigenvalue weighted by Gasteiger charge is -2.08. The van der Waals surface area contributed by atoms with Gasteiger partial charge in [-0.3, -0.25) is 4.79 Å². The Morgan fingerprint density at radius 3 is 3.06 bits per heavy atom. The number of nitrogens with zero attached hydrogens (tertiary/aromatic N) is 1. The lowest BCUT2D eigenvalue weighted by molar-refractivity contribution is -0.120. The maximum atomic E-state index is 11.8. The highest BCUT2D eigenvalue weighted by molar-refractivity contribution is 9.09. The number of carbonyl (C=O) groups excluding carboxylic acids is 1. The van der Waals surface area contributed by atoms with Crippen molar-refractivity contribution in [2.24, 2.45) is 5.92 Å². The second-order valence-corrected chi connectivity index (χ2v) is 5.01. The molecule has 0 aliphatic rings. The van der Waals surface area contributed by atoms with Crippen LogP contribution in [0.1, 0.15) is 12.6 Å². The number of rotatable bonds is 5. The van der Waals surface area contributed by atoms with Crippen LogP contribution in [0, 0.1) is 5.92 Å². The Balaban J connectivity index is 1.99. The number of aromatic nitrogens is 1. The third-order valence-electron chi connectivity index (χ3n) is 2.69. The first-order valence-electron chi connectivity index (χ1n) is 5.86. The van der Waals surface area contributed by atoms with Crippen molar-refractivity contribution < 1.29 is 9.32 Å². The Labute approximate surface area is 114 Å². The first-order chi connectivity index (χ1) is 8.70. The maximum absolute atomic E-state index is 11.8. The fourth-order valence-electron chi connectivity index (χ4n) is 1.62. The van der Waals surface area contributed by atoms with E-state index < -0.39 is 0 Å². The summed E-state index contributed by atoms with van der Waals surface area (Å²) in [7, 11) is 0. The number of nitrogens with one attached hydrogen (secondary N) is 1. The molecule has 2 aromatic rings.